The van der Waals surface area contributed by atoms with E-state index in [0.29, 0.717) is 0 Å². The Labute approximate surface area is 119 Å². The molecule has 2 fully saturated rings. The van der Waals surface area contributed by atoms with E-state index in [1.807, 2.05) is 0 Å². The molecule has 1 aliphatic carbocycles. The number of nitrogens with one attached hydrogen (secondary N) is 1. The summed E-state index contributed by atoms with van der Waals surface area (Å²) >= 11 is 0. The number of hydrogen-bond donors (Lipinski definition) is 1. The zero-order valence-corrected chi connectivity index (χ0v) is 13.2. The second-order valence-electron chi connectivity index (χ2n) is 7.07. The van der Waals surface area contributed by atoms with Crippen LogP contribution in [-0.2, 0) is 0 Å². The van der Waals surface area contributed by atoms with E-state index >= 15 is 0 Å². The van der Waals surface area contributed by atoms with Crippen LogP contribution >= 0.6 is 0 Å². The van der Waals surface area contributed by atoms with Crippen molar-refractivity contribution in [3.63, 3.8) is 0 Å². The minimum atomic E-state index is 0.784. The van der Waals surface area contributed by atoms with Crippen LogP contribution in [0.15, 0.2) is 0 Å². The first kappa shape index (κ1) is 15.3. The van der Waals surface area contributed by atoms with Crippen molar-refractivity contribution in [1.82, 2.24) is 15.1 Å². The first-order valence-corrected chi connectivity index (χ1v) is 8.27. The fourth-order valence-corrected chi connectivity index (χ4v) is 3.79. The van der Waals surface area contributed by atoms with Gasteiger partial charge in [-0.05, 0) is 57.7 Å². The molecule has 2 unspecified atom stereocenters. The molecule has 3 heteroatoms. The van der Waals surface area contributed by atoms with Crippen LogP contribution in [0.3, 0.4) is 0 Å². The Balaban J connectivity index is 1.54. The van der Waals surface area contributed by atoms with Crippen LogP contribution in [0.5, 0.6) is 0 Å². The van der Waals surface area contributed by atoms with Gasteiger partial charge in [-0.1, -0.05) is 13.8 Å². The van der Waals surface area contributed by atoms with Crippen LogP contribution in [-0.4, -0.2) is 62.2 Å². The van der Waals surface area contributed by atoms with Gasteiger partial charge < -0.3 is 15.1 Å². The van der Waals surface area contributed by atoms with Crippen LogP contribution in [0, 0.1) is 11.8 Å². The summed E-state index contributed by atoms with van der Waals surface area (Å²) in [5.41, 5.74) is 0. The lowest BCUT2D eigenvalue weighted by Crippen LogP contribution is -2.45. The molecule has 0 aromatic carbocycles. The Hall–Kier alpha value is -0.120. The van der Waals surface area contributed by atoms with Crippen molar-refractivity contribution >= 4 is 0 Å². The van der Waals surface area contributed by atoms with Gasteiger partial charge in [-0.3, -0.25) is 0 Å². The summed E-state index contributed by atoms with van der Waals surface area (Å²) in [5.74, 6) is 1.83. The maximum atomic E-state index is 3.79. The molecule has 112 valence electrons. The van der Waals surface area contributed by atoms with Crippen molar-refractivity contribution in [3.05, 3.63) is 0 Å². The quantitative estimate of drug-likeness (QED) is 0.769. The topological polar surface area (TPSA) is 18.5 Å². The standard InChI is InChI=1S/C16H33N3/c1-14-11-15(2)13-16(12-14)17-5-4-6-19-9-7-18(3)8-10-19/h14-17H,4-13H2,1-3H3. The third-order valence-corrected chi connectivity index (χ3v) is 4.86. The minimum absolute atomic E-state index is 0.784. The Morgan fingerprint density at radius 3 is 2.21 bits per heavy atom. The number of hydrogen-bond acceptors (Lipinski definition) is 3. The Kier molecular flexibility index (Phi) is 6.11. The molecule has 0 aromatic heterocycles. The molecule has 1 aliphatic heterocycles. The molecule has 0 aromatic rings. The predicted octanol–water partition coefficient (Wildman–Crippen LogP) is 2.04. The molecule has 19 heavy (non-hydrogen) atoms. The van der Waals surface area contributed by atoms with Crippen LogP contribution in [0.1, 0.15) is 39.5 Å². The lowest BCUT2D eigenvalue weighted by Gasteiger charge is -2.33. The molecular weight excluding hydrogens is 234 g/mol. The number of rotatable bonds is 5. The average molecular weight is 267 g/mol. The highest BCUT2D eigenvalue weighted by molar-refractivity contribution is 4.79. The third-order valence-electron chi connectivity index (χ3n) is 4.86. The van der Waals surface area contributed by atoms with Crippen molar-refractivity contribution < 1.29 is 0 Å². The summed E-state index contributed by atoms with van der Waals surface area (Å²) in [6.07, 6.45) is 5.51. The minimum Gasteiger partial charge on any atom is -0.314 e. The second-order valence-corrected chi connectivity index (χ2v) is 7.07. The van der Waals surface area contributed by atoms with Crippen molar-refractivity contribution in [2.75, 3.05) is 46.3 Å². The highest BCUT2D eigenvalue weighted by Gasteiger charge is 2.23. The molecule has 2 atom stereocenters. The van der Waals surface area contributed by atoms with E-state index in [2.05, 4.69) is 36.0 Å². The summed E-state index contributed by atoms with van der Waals surface area (Å²) in [5, 5.41) is 3.79. The van der Waals surface area contributed by atoms with E-state index < -0.39 is 0 Å². The van der Waals surface area contributed by atoms with E-state index in [0.717, 1.165) is 17.9 Å². The lowest BCUT2D eigenvalue weighted by molar-refractivity contribution is 0.151. The molecule has 2 rings (SSSR count). The predicted molar refractivity (Wildman–Crippen MR) is 82.5 cm³/mol. The largest absolute Gasteiger partial charge is 0.314 e. The van der Waals surface area contributed by atoms with E-state index in [1.54, 1.807) is 0 Å². The van der Waals surface area contributed by atoms with Crippen LogP contribution in [0.2, 0.25) is 0 Å². The van der Waals surface area contributed by atoms with E-state index in [4.69, 9.17) is 0 Å². The molecule has 0 radical (unpaired) electrons. The second kappa shape index (κ2) is 7.61. The average Bonchev–Trinajstić information content (AvgIpc) is 2.36. The highest BCUT2D eigenvalue weighted by Crippen LogP contribution is 2.28. The molecule has 1 N–H and O–H groups in total. The Morgan fingerprint density at radius 2 is 1.58 bits per heavy atom. The lowest BCUT2D eigenvalue weighted by atomic mass is 9.80. The molecule has 3 nitrogen and oxygen atoms in total. The number of likely N-dealkylation sites (N-methyl/N-ethyl adjacent to an activating group) is 1. The summed E-state index contributed by atoms with van der Waals surface area (Å²) in [7, 11) is 2.23. The van der Waals surface area contributed by atoms with Gasteiger partial charge in [0.15, 0.2) is 0 Å². The van der Waals surface area contributed by atoms with Crippen molar-refractivity contribution in [2.45, 2.75) is 45.6 Å². The normalized spacial score (nSPS) is 34.6. The monoisotopic (exact) mass is 267 g/mol. The van der Waals surface area contributed by atoms with Gasteiger partial charge in [-0.2, -0.15) is 0 Å². The molecule has 0 bridgehead atoms. The zero-order chi connectivity index (χ0) is 13.7. The van der Waals surface area contributed by atoms with Gasteiger partial charge in [0.2, 0.25) is 0 Å². The maximum Gasteiger partial charge on any atom is 0.0110 e. The van der Waals surface area contributed by atoms with Crippen LogP contribution in [0.25, 0.3) is 0 Å². The van der Waals surface area contributed by atoms with Crippen LogP contribution in [0.4, 0.5) is 0 Å². The van der Waals surface area contributed by atoms with Crippen molar-refractivity contribution in [2.24, 2.45) is 11.8 Å². The summed E-state index contributed by atoms with van der Waals surface area (Å²) in [6.45, 7) is 12.3. The summed E-state index contributed by atoms with van der Waals surface area (Å²) in [6, 6.07) is 0.784. The first-order chi connectivity index (χ1) is 9.13. The molecular formula is C16H33N3. The van der Waals surface area contributed by atoms with E-state index in [9.17, 15) is 0 Å². The third kappa shape index (κ3) is 5.41. The maximum absolute atomic E-state index is 3.79. The fourth-order valence-electron chi connectivity index (χ4n) is 3.79. The van der Waals surface area contributed by atoms with Gasteiger partial charge in [-0.15, -0.1) is 0 Å². The number of piperazine rings is 1. The SMILES string of the molecule is CC1CC(C)CC(NCCCN2CCN(C)CC2)C1. The molecule has 0 spiro atoms. The van der Waals surface area contributed by atoms with E-state index in [-0.39, 0.29) is 0 Å². The van der Waals surface area contributed by atoms with Crippen LogP contribution < -0.4 is 5.32 Å². The van der Waals surface area contributed by atoms with Crippen molar-refractivity contribution in [3.8, 4) is 0 Å². The number of nitrogens with zero attached hydrogens (tertiary/aromatic N) is 2. The van der Waals surface area contributed by atoms with Gasteiger partial charge >= 0.3 is 0 Å². The fraction of sp³-hybridized carbons (Fsp3) is 1.00. The highest BCUT2D eigenvalue weighted by atomic mass is 15.2. The van der Waals surface area contributed by atoms with Gasteiger partial charge in [0, 0.05) is 32.2 Å². The summed E-state index contributed by atoms with van der Waals surface area (Å²) in [4.78, 5) is 5.05. The van der Waals surface area contributed by atoms with E-state index in [1.165, 1.54) is 65.0 Å². The molecule has 1 heterocycles. The Bertz CT molecular complexity index is 238. The smallest absolute Gasteiger partial charge is 0.0110 e. The summed E-state index contributed by atoms with van der Waals surface area (Å²) < 4.78 is 0. The van der Waals surface area contributed by atoms with Gasteiger partial charge in [-0.25, -0.2) is 0 Å². The van der Waals surface area contributed by atoms with Gasteiger partial charge in [0.25, 0.3) is 0 Å². The van der Waals surface area contributed by atoms with Crippen molar-refractivity contribution in [1.29, 1.82) is 0 Å². The molecule has 1 saturated carbocycles. The molecule has 1 saturated heterocycles. The van der Waals surface area contributed by atoms with Gasteiger partial charge in [0.1, 0.15) is 0 Å². The molecule has 0 amide bonds. The first-order valence-electron chi connectivity index (χ1n) is 8.27. The Morgan fingerprint density at radius 1 is 0.947 bits per heavy atom. The zero-order valence-electron chi connectivity index (χ0n) is 13.2. The van der Waals surface area contributed by atoms with Gasteiger partial charge in [0.05, 0.1) is 0 Å². The molecule has 2 aliphatic rings.